The number of aliphatic hydroxyl groups is 1. The van der Waals surface area contributed by atoms with Crippen molar-refractivity contribution >= 4 is 27.3 Å². The van der Waals surface area contributed by atoms with Gasteiger partial charge in [0, 0.05) is 4.47 Å². The smallest absolute Gasteiger partial charge is 0.124 e. The largest absolute Gasteiger partial charge is 0.384 e. The molecule has 0 aliphatic carbocycles. The standard InChI is InChI=1S/C11H8BrFOS/c12-9-3-8(4-10(13)5-9)11(14)7-1-2-15-6-7/h1-6,11,14H. The molecule has 2 rings (SSSR count). The van der Waals surface area contributed by atoms with E-state index < -0.39 is 6.10 Å². The summed E-state index contributed by atoms with van der Waals surface area (Å²) in [4.78, 5) is 0. The van der Waals surface area contributed by atoms with E-state index in [0.717, 1.165) is 5.56 Å². The first-order valence-electron chi connectivity index (χ1n) is 4.33. The number of rotatable bonds is 2. The van der Waals surface area contributed by atoms with Crippen molar-refractivity contribution in [3.05, 3.63) is 56.4 Å². The Morgan fingerprint density at radius 3 is 2.67 bits per heavy atom. The van der Waals surface area contributed by atoms with Crippen molar-refractivity contribution in [1.29, 1.82) is 0 Å². The average Bonchev–Trinajstić information content (AvgIpc) is 2.67. The number of benzene rings is 1. The summed E-state index contributed by atoms with van der Waals surface area (Å²) >= 11 is 4.70. The fourth-order valence-electron chi connectivity index (χ4n) is 1.36. The van der Waals surface area contributed by atoms with Crippen LogP contribution in [0.15, 0.2) is 39.5 Å². The molecule has 15 heavy (non-hydrogen) atoms. The zero-order chi connectivity index (χ0) is 10.8. The van der Waals surface area contributed by atoms with Gasteiger partial charge in [0.15, 0.2) is 0 Å². The molecule has 0 radical (unpaired) electrons. The van der Waals surface area contributed by atoms with Crippen LogP contribution in [0.3, 0.4) is 0 Å². The fourth-order valence-corrected chi connectivity index (χ4v) is 2.52. The maximum Gasteiger partial charge on any atom is 0.124 e. The minimum absolute atomic E-state index is 0.353. The van der Waals surface area contributed by atoms with Gasteiger partial charge >= 0.3 is 0 Å². The molecule has 4 heteroatoms. The normalized spacial score (nSPS) is 12.7. The van der Waals surface area contributed by atoms with E-state index in [0.29, 0.717) is 10.0 Å². The van der Waals surface area contributed by atoms with Crippen LogP contribution in [0, 0.1) is 5.82 Å². The number of hydrogen-bond donors (Lipinski definition) is 1. The van der Waals surface area contributed by atoms with Gasteiger partial charge in [-0.05, 0) is 46.2 Å². The summed E-state index contributed by atoms with van der Waals surface area (Å²) in [7, 11) is 0. The van der Waals surface area contributed by atoms with E-state index in [-0.39, 0.29) is 5.82 Å². The molecular formula is C11H8BrFOS. The van der Waals surface area contributed by atoms with Crippen LogP contribution in [0.4, 0.5) is 4.39 Å². The van der Waals surface area contributed by atoms with Crippen molar-refractivity contribution in [2.24, 2.45) is 0 Å². The number of hydrogen-bond acceptors (Lipinski definition) is 2. The Morgan fingerprint density at radius 1 is 1.27 bits per heavy atom. The minimum atomic E-state index is -0.761. The van der Waals surface area contributed by atoms with Crippen LogP contribution in [0.2, 0.25) is 0 Å². The van der Waals surface area contributed by atoms with Crippen LogP contribution in [-0.4, -0.2) is 5.11 Å². The molecule has 1 N–H and O–H groups in total. The Morgan fingerprint density at radius 2 is 2.07 bits per heavy atom. The Balaban J connectivity index is 2.37. The van der Waals surface area contributed by atoms with E-state index in [1.165, 1.54) is 23.5 Å². The Bertz CT molecular complexity index is 435. The Kier molecular flexibility index (Phi) is 3.19. The highest BCUT2D eigenvalue weighted by molar-refractivity contribution is 9.10. The van der Waals surface area contributed by atoms with Crippen molar-refractivity contribution in [2.75, 3.05) is 0 Å². The summed E-state index contributed by atoms with van der Waals surface area (Å²) in [6, 6.07) is 6.25. The molecule has 1 aromatic heterocycles. The lowest BCUT2D eigenvalue weighted by Gasteiger charge is -2.09. The highest BCUT2D eigenvalue weighted by Gasteiger charge is 2.12. The molecule has 0 saturated carbocycles. The van der Waals surface area contributed by atoms with Gasteiger partial charge < -0.3 is 5.11 Å². The van der Waals surface area contributed by atoms with Gasteiger partial charge in [0.25, 0.3) is 0 Å². The Labute approximate surface area is 99.3 Å². The van der Waals surface area contributed by atoms with Gasteiger partial charge in [-0.3, -0.25) is 0 Å². The van der Waals surface area contributed by atoms with Crippen molar-refractivity contribution in [3.8, 4) is 0 Å². The van der Waals surface area contributed by atoms with Crippen LogP contribution >= 0.6 is 27.3 Å². The van der Waals surface area contributed by atoms with E-state index >= 15 is 0 Å². The minimum Gasteiger partial charge on any atom is -0.384 e. The predicted molar refractivity (Wildman–Crippen MR) is 62.5 cm³/mol. The third-order valence-electron chi connectivity index (χ3n) is 2.06. The molecule has 1 atom stereocenters. The van der Waals surface area contributed by atoms with Crippen LogP contribution in [-0.2, 0) is 0 Å². The average molecular weight is 287 g/mol. The van der Waals surface area contributed by atoms with E-state index in [1.54, 1.807) is 6.07 Å². The molecule has 0 fully saturated rings. The van der Waals surface area contributed by atoms with Gasteiger partial charge in [-0.25, -0.2) is 4.39 Å². The lowest BCUT2D eigenvalue weighted by Crippen LogP contribution is -1.98. The maximum atomic E-state index is 13.1. The molecule has 78 valence electrons. The Hall–Kier alpha value is -0.710. The maximum absolute atomic E-state index is 13.1. The SMILES string of the molecule is OC(c1ccsc1)c1cc(F)cc(Br)c1. The first-order chi connectivity index (χ1) is 7.16. The second-order valence-corrected chi connectivity index (χ2v) is 4.86. The van der Waals surface area contributed by atoms with Gasteiger partial charge in [-0.1, -0.05) is 15.9 Å². The van der Waals surface area contributed by atoms with Crippen LogP contribution in [0.1, 0.15) is 17.2 Å². The van der Waals surface area contributed by atoms with Gasteiger partial charge in [-0.15, -0.1) is 0 Å². The highest BCUT2D eigenvalue weighted by atomic mass is 79.9. The molecule has 0 amide bonds. The van der Waals surface area contributed by atoms with Gasteiger partial charge in [0.1, 0.15) is 11.9 Å². The molecule has 0 aliphatic rings. The van der Waals surface area contributed by atoms with Crippen LogP contribution in [0.5, 0.6) is 0 Å². The monoisotopic (exact) mass is 286 g/mol. The lowest BCUT2D eigenvalue weighted by molar-refractivity contribution is 0.220. The van der Waals surface area contributed by atoms with Gasteiger partial charge in [0.05, 0.1) is 0 Å². The van der Waals surface area contributed by atoms with Crippen molar-refractivity contribution < 1.29 is 9.50 Å². The van der Waals surface area contributed by atoms with E-state index in [1.807, 2.05) is 16.8 Å². The topological polar surface area (TPSA) is 20.2 Å². The molecule has 1 unspecified atom stereocenters. The van der Waals surface area contributed by atoms with E-state index in [2.05, 4.69) is 15.9 Å². The van der Waals surface area contributed by atoms with E-state index in [4.69, 9.17) is 0 Å². The number of aliphatic hydroxyl groups excluding tert-OH is 1. The summed E-state index contributed by atoms with van der Waals surface area (Å²) in [5, 5.41) is 13.7. The second kappa shape index (κ2) is 4.43. The number of thiophene rings is 1. The summed E-state index contributed by atoms with van der Waals surface area (Å²) in [5.41, 5.74) is 1.35. The summed E-state index contributed by atoms with van der Waals surface area (Å²) in [5.74, 6) is -0.353. The summed E-state index contributed by atoms with van der Waals surface area (Å²) < 4.78 is 13.7. The van der Waals surface area contributed by atoms with Crippen molar-refractivity contribution in [2.45, 2.75) is 6.10 Å². The molecular weight excluding hydrogens is 279 g/mol. The van der Waals surface area contributed by atoms with Crippen molar-refractivity contribution in [1.82, 2.24) is 0 Å². The first-order valence-corrected chi connectivity index (χ1v) is 6.06. The third kappa shape index (κ3) is 2.45. The van der Waals surface area contributed by atoms with Crippen LogP contribution < -0.4 is 0 Å². The van der Waals surface area contributed by atoms with E-state index in [9.17, 15) is 9.50 Å². The predicted octanol–water partition coefficient (Wildman–Crippen LogP) is 3.73. The molecule has 0 bridgehead atoms. The van der Waals surface area contributed by atoms with Crippen LogP contribution in [0.25, 0.3) is 0 Å². The molecule has 0 saturated heterocycles. The molecule has 1 nitrogen and oxygen atoms in total. The molecule has 1 heterocycles. The zero-order valence-corrected chi connectivity index (χ0v) is 10.1. The quantitative estimate of drug-likeness (QED) is 0.892. The highest BCUT2D eigenvalue weighted by Crippen LogP contribution is 2.26. The molecule has 0 aliphatic heterocycles. The molecule has 0 spiro atoms. The number of halogens is 2. The lowest BCUT2D eigenvalue weighted by atomic mass is 10.0. The first kappa shape index (κ1) is 10.8. The summed E-state index contributed by atoms with van der Waals surface area (Å²) in [6.07, 6.45) is -0.761. The molecule has 2 aromatic rings. The van der Waals surface area contributed by atoms with Gasteiger partial charge in [-0.2, -0.15) is 11.3 Å². The second-order valence-electron chi connectivity index (χ2n) is 3.16. The summed E-state index contributed by atoms with van der Waals surface area (Å²) in [6.45, 7) is 0. The third-order valence-corrected chi connectivity index (χ3v) is 3.22. The molecule has 1 aromatic carbocycles. The van der Waals surface area contributed by atoms with Gasteiger partial charge in [0.2, 0.25) is 0 Å². The fraction of sp³-hybridized carbons (Fsp3) is 0.0909. The zero-order valence-electron chi connectivity index (χ0n) is 7.65. The van der Waals surface area contributed by atoms with Crippen molar-refractivity contribution in [3.63, 3.8) is 0 Å².